The Hall–Kier alpha value is -3.11. The summed E-state index contributed by atoms with van der Waals surface area (Å²) in [5, 5.41) is 2.80. The number of sulfonamides is 1. The summed E-state index contributed by atoms with van der Waals surface area (Å²) in [6, 6.07) is 9.95. The van der Waals surface area contributed by atoms with Crippen molar-refractivity contribution in [2.75, 3.05) is 36.5 Å². The first-order chi connectivity index (χ1) is 16.8. The fourth-order valence-corrected chi connectivity index (χ4v) is 6.65. The fourth-order valence-electron chi connectivity index (χ4n) is 4.90. The number of carbonyl (C=O) groups excluding carboxylic acids is 2. The van der Waals surface area contributed by atoms with Gasteiger partial charge in [0, 0.05) is 36.4 Å². The summed E-state index contributed by atoms with van der Waals surface area (Å²) in [5.74, 6) is 0.654. The van der Waals surface area contributed by atoms with E-state index in [0.29, 0.717) is 49.1 Å². The Labute approximate surface area is 205 Å². The van der Waals surface area contributed by atoms with Crippen LogP contribution in [0.3, 0.4) is 0 Å². The number of ether oxygens (including phenoxy) is 2. The number of hydrogen-bond donors (Lipinski definition) is 1. The van der Waals surface area contributed by atoms with Crippen LogP contribution in [-0.4, -0.2) is 56.9 Å². The quantitative estimate of drug-likeness (QED) is 0.678. The van der Waals surface area contributed by atoms with E-state index in [0.717, 1.165) is 24.8 Å². The largest absolute Gasteiger partial charge is 0.486 e. The number of amides is 2. The minimum Gasteiger partial charge on any atom is -0.486 e. The third-order valence-electron chi connectivity index (χ3n) is 6.73. The van der Waals surface area contributed by atoms with Crippen molar-refractivity contribution in [3.05, 3.63) is 42.0 Å². The molecule has 0 unspecified atom stereocenters. The number of rotatable bonds is 5. The Morgan fingerprint density at radius 2 is 1.86 bits per heavy atom. The number of hydrogen-bond acceptors (Lipinski definition) is 6. The number of fused-ring (bicyclic) bond motifs is 2. The van der Waals surface area contributed by atoms with Crippen molar-refractivity contribution in [2.45, 2.75) is 50.0 Å². The van der Waals surface area contributed by atoms with Crippen LogP contribution in [0.1, 0.15) is 38.2 Å². The topological polar surface area (TPSA) is 105 Å². The summed E-state index contributed by atoms with van der Waals surface area (Å²) in [4.78, 5) is 27.1. The van der Waals surface area contributed by atoms with E-state index in [4.69, 9.17) is 9.47 Å². The standard InChI is InChI=1S/C25H29N3O6S/c1-17-4-2-3-11-28(17)35(31,32)20-7-8-21-18(14-20)5-10-25(30)27(21)16-24(29)26-19-6-9-22-23(15-19)34-13-12-33-22/h6-9,14-15,17H,2-5,10-13,16H2,1H3,(H,26,29)/t17-/m0/s1. The summed E-state index contributed by atoms with van der Waals surface area (Å²) in [7, 11) is -3.62. The smallest absolute Gasteiger partial charge is 0.244 e. The molecule has 10 heteroatoms. The van der Waals surface area contributed by atoms with Crippen molar-refractivity contribution in [1.29, 1.82) is 0 Å². The normalized spacial score (nSPS) is 20.3. The number of nitrogens with zero attached hydrogens (tertiary/aromatic N) is 2. The Morgan fingerprint density at radius 3 is 2.66 bits per heavy atom. The minimum absolute atomic E-state index is 0.0351. The van der Waals surface area contributed by atoms with Crippen LogP contribution in [0.5, 0.6) is 11.5 Å². The number of anilines is 2. The number of carbonyl (C=O) groups is 2. The minimum atomic E-state index is -3.62. The van der Waals surface area contributed by atoms with Gasteiger partial charge in [-0.3, -0.25) is 9.59 Å². The van der Waals surface area contributed by atoms with Gasteiger partial charge < -0.3 is 19.7 Å². The van der Waals surface area contributed by atoms with E-state index in [1.165, 1.54) is 4.90 Å². The summed E-state index contributed by atoms with van der Waals surface area (Å²) >= 11 is 0. The predicted octanol–water partition coefficient (Wildman–Crippen LogP) is 2.94. The highest BCUT2D eigenvalue weighted by Gasteiger charge is 2.33. The zero-order chi connectivity index (χ0) is 24.6. The monoisotopic (exact) mass is 499 g/mol. The Kier molecular flexibility index (Phi) is 6.41. The van der Waals surface area contributed by atoms with Crippen LogP contribution in [-0.2, 0) is 26.0 Å². The molecule has 0 radical (unpaired) electrons. The van der Waals surface area contributed by atoms with Gasteiger partial charge in [-0.1, -0.05) is 6.42 Å². The lowest BCUT2D eigenvalue weighted by atomic mass is 10.0. The van der Waals surface area contributed by atoms with E-state index in [9.17, 15) is 18.0 Å². The molecule has 1 saturated heterocycles. The van der Waals surface area contributed by atoms with Gasteiger partial charge >= 0.3 is 0 Å². The molecule has 2 aromatic carbocycles. The SMILES string of the molecule is C[C@H]1CCCCN1S(=O)(=O)c1ccc2c(c1)CCC(=O)N2CC(=O)Nc1ccc2c(c1)OCCO2. The zero-order valence-electron chi connectivity index (χ0n) is 19.7. The van der Waals surface area contributed by atoms with Crippen LogP contribution in [0.25, 0.3) is 0 Å². The molecule has 5 rings (SSSR count). The van der Waals surface area contributed by atoms with E-state index >= 15 is 0 Å². The van der Waals surface area contributed by atoms with Crippen molar-refractivity contribution in [1.82, 2.24) is 4.31 Å². The van der Waals surface area contributed by atoms with Crippen LogP contribution < -0.4 is 19.7 Å². The van der Waals surface area contributed by atoms with Crippen LogP contribution >= 0.6 is 0 Å². The van der Waals surface area contributed by atoms with Crippen LogP contribution in [0.2, 0.25) is 0 Å². The van der Waals surface area contributed by atoms with E-state index < -0.39 is 10.0 Å². The summed E-state index contributed by atoms with van der Waals surface area (Å²) in [6.07, 6.45) is 3.39. The molecular weight excluding hydrogens is 470 g/mol. The predicted molar refractivity (Wildman–Crippen MR) is 130 cm³/mol. The maximum Gasteiger partial charge on any atom is 0.244 e. The second-order valence-electron chi connectivity index (χ2n) is 9.14. The average Bonchev–Trinajstić information content (AvgIpc) is 2.85. The lowest BCUT2D eigenvalue weighted by molar-refractivity contribution is -0.121. The maximum atomic E-state index is 13.3. The lowest BCUT2D eigenvalue weighted by Crippen LogP contribution is -2.42. The molecule has 3 heterocycles. The van der Waals surface area contributed by atoms with E-state index in [-0.39, 0.29) is 35.7 Å². The second-order valence-corrected chi connectivity index (χ2v) is 11.0. The highest BCUT2D eigenvalue weighted by molar-refractivity contribution is 7.89. The molecule has 3 aliphatic rings. The zero-order valence-corrected chi connectivity index (χ0v) is 20.5. The summed E-state index contributed by atoms with van der Waals surface area (Å²) in [6.45, 7) is 3.21. The first kappa shape index (κ1) is 23.6. The van der Waals surface area contributed by atoms with Crippen molar-refractivity contribution in [3.8, 4) is 11.5 Å². The molecule has 35 heavy (non-hydrogen) atoms. The van der Waals surface area contributed by atoms with E-state index in [1.54, 1.807) is 40.7 Å². The fraction of sp³-hybridized carbons (Fsp3) is 0.440. The van der Waals surface area contributed by atoms with Gasteiger partial charge in [-0.15, -0.1) is 0 Å². The molecule has 1 N–H and O–H groups in total. The molecular formula is C25H29N3O6S. The summed E-state index contributed by atoms with van der Waals surface area (Å²) < 4.78 is 39.2. The summed E-state index contributed by atoms with van der Waals surface area (Å²) in [5.41, 5.74) is 1.87. The number of piperidine rings is 1. The van der Waals surface area contributed by atoms with Crippen molar-refractivity contribution in [3.63, 3.8) is 0 Å². The molecule has 0 aromatic heterocycles. The molecule has 2 aromatic rings. The highest BCUT2D eigenvalue weighted by atomic mass is 32.2. The molecule has 1 fully saturated rings. The van der Waals surface area contributed by atoms with Gasteiger partial charge in [-0.05, 0) is 62.1 Å². The first-order valence-electron chi connectivity index (χ1n) is 12.0. The second kappa shape index (κ2) is 9.50. The Balaban J connectivity index is 1.33. The van der Waals surface area contributed by atoms with Crippen LogP contribution in [0, 0.1) is 0 Å². The van der Waals surface area contributed by atoms with Crippen molar-refractivity contribution >= 4 is 33.2 Å². The van der Waals surface area contributed by atoms with Gasteiger partial charge in [0.25, 0.3) is 0 Å². The third kappa shape index (κ3) is 4.72. The molecule has 1 atom stereocenters. The number of benzene rings is 2. The molecule has 3 aliphatic heterocycles. The average molecular weight is 500 g/mol. The molecule has 186 valence electrons. The molecule has 0 saturated carbocycles. The van der Waals surface area contributed by atoms with Crippen LogP contribution in [0.15, 0.2) is 41.3 Å². The van der Waals surface area contributed by atoms with Gasteiger partial charge in [0.1, 0.15) is 19.8 Å². The van der Waals surface area contributed by atoms with E-state index in [1.807, 2.05) is 6.92 Å². The van der Waals surface area contributed by atoms with Gasteiger partial charge in [0.2, 0.25) is 21.8 Å². The molecule has 9 nitrogen and oxygen atoms in total. The number of nitrogens with one attached hydrogen (secondary N) is 1. The van der Waals surface area contributed by atoms with Crippen molar-refractivity contribution in [2.24, 2.45) is 0 Å². The van der Waals surface area contributed by atoms with Gasteiger partial charge in [-0.2, -0.15) is 4.31 Å². The third-order valence-corrected chi connectivity index (χ3v) is 8.74. The first-order valence-corrected chi connectivity index (χ1v) is 13.4. The van der Waals surface area contributed by atoms with Gasteiger partial charge in [0.15, 0.2) is 11.5 Å². The van der Waals surface area contributed by atoms with Gasteiger partial charge in [-0.25, -0.2) is 8.42 Å². The van der Waals surface area contributed by atoms with E-state index in [2.05, 4.69) is 5.32 Å². The molecule has 0 bridgehead atoms. The number of aryl methyl sites for hydroxylation is 1. The van der Waals surface area contributed by atoms with Crippen LogP contribution in [0.4, 0.5) is 11.4 Å². The van der Waals surface area contributed by atoms with Gasteiger partial charge in [0.05, 0.1) is 4.90 Å². The molecule has 2 amide bonds. The maximum absolute atomic E-state index is 13.3. The highest BCUT2D eigenvalue weighted by Crippen LogP contribution is 2.34. The lowest BCUT2D eigenvalue weighted by Gasteiger charge is -2.33. The Morgan fingerprint density at radius 1 is 1.06 bits per heavy atom. The molecule has 0 aliphatic carbocycles. The Bertz CT molecular complexity index is 1260. The van der Waals surface area contributed by atoms with Crippen molar-refractivity contribution < 1.29 is 27.5 Å². The molecule has 0 spiro atoms.